The molecular formula is C22H22O8. The summed E-state index contributed by atoms with van der Waals surface area (Å²) in [5, 5.41) is 0. The van der Waals surface area contributed by atoms with Gasteiger partial charge in [-0.05, 0) is 32.1 Å². The molecular weight excluding hydrogens is 392 g/mol. The smallest absolute Gasteiger partial charge is 0.308 e. The second kappa shape index (κ2) is 9.30. The number of carbonyl (C=O) groups excluding carboxylic acids is 5. The first-order chi connectivity index (χ1) is 14.0. The van der Waals surface area contributed by atoms with Crippen molar-refractivity contribution >= 4 is 29.5 Å². The molecule has 1 aliphatic rings. The van der Waals surface area contributed by atoms with Gasteiger partial charge in [-0.15, -0.1) is 0 Å². The Morgan fingerprint density at radius 1 is 0.867 bits per heavy atom. The monoisotopic (exact) mass is 414 g/mol. The van der Waals surface area contributed by atoms with E-state index in [0.717, 1.165) is 25.5 Å². The molecule has 1 aliphatic carbocycles. The van der Waals surface area contributed by atoms with E-state index >= 15 is 0 Å². The molecule has 30 heavy (non-hydrogen) atoms. The van der Waals surface area contributed by atoms with E-state index in [1.165, 1.54) is 19.1 Å². The number of ether oxygens (including phenoxy) is 3. The van der Waals surface area contributed by atoms with Gasteiger partial charge < -0.3 is 14.2 Å². The summed E-state index contributed by atoms with van der Waals surface area (Å²) < 4.78 is 15.4. The van der Waals surface area contributed by atoms with Gasteiger partial charge in [-0.1, -0.05) is 11.6 Å². The van der Waals surface area contributed by atoms with Gasteiger partial charge >= 0.3 is 17.9 Å². The van der Waals surface area contributed by atoms with Crippen molar-refractivity contribution in [2.45, 2.75) is 47.1 Å². The lowest BCUT2D eigenvalue weighted by molar-refractivity contribution is -0.144. The molecule has 1 aromatic carbocycles. The highest BCUT2D eigenvalue weighted by atomic mass is 16.5. The molecule has 0 bridgehead atoms. The fourth-order valence-corrected chi connectivity index (χ4v) is 2.96. The van der Waals surface area contributed by atoms with E-state index in [-0.39, 0.29) is 34.6 Å². The lowest BCUT2D eigenvalue weighted by atomic mass is 9.85. The first-order valence-electron chi connectivity index (χ1n) is 9.16. The number of allylic oxidation sites excluding steroid dienone is 2. The van der Waals surface area contributed by atoms with Crippen LogP contribution in [0, 0.1) is 0 Å². The van der Waals surface area contributed by atoms with Crippen molar-refractivity contribution in [2.75, 3.05) is 0 Å². The molecule has 2 rings (SSSR count). The molecule has 0 amide bonds. The fourth-order valence-electron chi connectivity index (χ4n) is 2.96. The minimum absolute atomic E-state index is 0.0615. The zero-order valence-electron chi connectivity index (χ0n) is 17.4. The Labute approximate surface area is 173 Å². The first kappa shape index (κ1) is 22.7. The highest BCUT2D eigenvalue weighted by molar-refractivity contribution is 6.27. The van der Waals surface area contributed by atoms with E-state index in [1.54, 1.807) is 6.08 Å². The number of ketones is 2. The number of rotatable bonds is 6. The van der Waals surface area contributed by atoms with Gasteiger partial charge in [-0.2, -0.15) is 0 Å². The average molecular weight is 414 g/mol. The molecule has 0 spiro atoms. The second-order valence-corrected chi connectivity index (χ2v) is 6.91. The van der Waals surface area contributed by atoms with Gasteiger partial charge in [0.1, 0.15) is 17.6 Å². The largest absolute Gasteiger partial charge is 0.457 e. The van der Waals surface area contributed by atoms with Crippen LogP contribution in [0.5, 0.6) is 11.5 Å². The van der Waals surface area contributed by atoms with Crippen molar-refractivity contribution in [2.24, 2.45) is 0 Å². The van der Waals surface area contributed by atoms with E-state index in [0.29, 0.717) is 0 Å². The molecule has 0 unspecified atom stereocenters. The van der Waals surface area contributed by atoms with Gasteiger partial charge in [0, 0.05) is 32.8 Å². The number of esters is 3. The summed E-state index contributed by atoms with van der Waals surface area (Å²) in [6.45, 7) is 7.18. The maximum atomic E-state index is 13.3. The molecule has 158 valence electrons. The summed E-state index contributed by atoms with van der Waals surface area (Å²) in [6.07, 6.45) is 1.99. The van der Waals surface area contributed by atoms with Crippen LogP contribution >= 0.6 is 0 Å². The van der Waals surface area contributed by atoms with Gasteiger partial charge in [-0.3, -0.25) is 24.0 Å². The zero-order chi connectivity index (χ0) is 22.6. The maximum absolute atomic E-state index is 13.3. The van der Waals surface area contributed by atoms with E-state index < -0.39 is 35.6 Å². The quantitative estimate of drug-likeness (QED) is 0.396. The Morgan fingerprint density at radius 2 is 1.40 bits per heavy atom. The molecule has 0 aliphatic heterocycles. The molecule has 0 fully saturated rings. The Bertz CT molecular complexity index is 993. The SMILES string of the molecule is CC(=O)Oc1ccc(OC(C)=O)c2c1C(=O)C=C([C@H](CC=C(C)C)OC(C)=O)C2=O. The number of carbonyl (C=O) groups is 5. The Kier molecular flexibility index (Phi) is 7.05. The van der Waals surface area contributed by atoms with Crippen LogP contribution in [0.1, 0.15) is 61.8 Å². The molecule has 0 N–H and O–H groups in total. The van der Waals surface area contributed by atoms with Crippen LogP contribution in [0.15, 0.2) is 35.4 Å². The summed E-state index contributed by atoms with van der Waals surface area (Å²) in [5.41, 5.74) is 0.455. The minimum atomic E-state index is -1.01. The van der Waals surface area contributed by atoms with Crippen molar-refractivity contribution in [3.05, 3.63) is 46.6 Å². The number of Topliss-reactive ketones (excluding diaryl/α,β-unsaturated/α-hetero) is 1. The molecule has 0 saturated heterocycles. The van der Waals surface area contributed by atoms with E-state index in [1.807, 2.05) is 13.8 Å². The summed E-state index contributed by atoms with van der Waals surface area (Å²) in [5.74, 6) is -3.59. The third kappa shape index (κ3) is 5.28. The van der Waals surface area contributed by atoms with E-state index in [9.17, 15) is 24.0 Å². The summed E-state index contributed by atoms with van der Waals surface area (Å²) >= 11 is 0. The van der Waals surface area contributed by atoms with Crippen molar-refractivity contribution in [3.63, 3.8) is 0 Å². The van der Waals surface area contributed by atoms with Gasteiger partial charge in [0.2, 0.25) is 0 Å². The van der Waals surface area contributed by atoms with E-state index in [4.69, 9.17) is 14.2 Å². The van der Waals surface area contributed by atoms with Crippen molar-refractivity contribution in [1.82, 2.24) is 0 Å². The lowest BCUT2D eigenvalue weighted by Gasteiger charge is -2.24. The van der Waals surface area contributed by atoms with Crippen molar-refractivity contribution < 1.29 is 38.2 Å². The third-order valence-corrected chi connectivity index (χ3v) is 4.05. The van der Waals surface area contributed by atoms with Crippen LogP contribution in [-0.2, 0) is 19.1 Å². The van der Waals surface area contributed by atoms with Crippen LogP contribution in [0.2, 0.25) is 0 Å². The molecule has 0 heterocycles. The topological polar surface area (TPSA) is 113 Å². The van der Waals surface area contributed by atoms with Gasteiger partial charge in [0.25, 0.3) is 0 Å². The Morgan fingerprint density at radius 3 is 1.87 bits per heavy atom. The number of hydrogen-bond donors (Lipinski definition) is 0. The standard InChI is InChI=1S/C22H22O8/c1-11(2)6-7-17(28-12(3)23)15-10-16(26)20-18(29-13(4)24)8-9-19(30-14(5)25)21(20)22(15)27/h6,8-10,17H,7H2,1-5H3/t17-/m0/s1. The van der Waals surface area contributed by atoms with Crippen LogP contribution in [0.4, 0.5) is 0 Å². The van der Waals surface area contributed by atoms with Crippen LogP contribution in [-0.4, -0.2) is 35.6 Å². The summed E-state index contributed by atoms with van der Waals surface area (Å²) in [4.78, 5) is 60.7. The molecule has 0 radical (unpaired) electrons. The predicted octanol–water partition coefficient (Wildman–Crippen LogP) is 3.13. The molecule has 8 heteroatoms. The van der Waals surface area contributed by atoms with Crippen LogP contribution in [0.25, 0.3) is 0 Å². The molecule has 1 aromatic rings. The molecule has 1 atom stereocenters. The Balaban J connectivity index is 2.65. The number of benzene rings is 1. The number of hydrogen-bond acceptors (Lipinski definition) is 8. The molecule has 0 aromatic heterocycles. The van der Waals surface area contributed by atoms with Crippen molar-refractivity contribution in [3.8, 4) is 11.5 Å². The van der Waals surface area contributed by atoms with Crippen LogP contribution in [0.3, 0.4) is 0 Å². The van der Waals surface area contributed by atoms with Gasteiger partial charge in [0.05, 0.1) is 11.1 Å². The second-order valence-electron chi connectivity index (χ2n) is 6.91. The lowest BCUT2D eigenvalue weighted by Crippen LogP contribution is -2.29. The summed E-state index contributed by atoms with van der Waals surface area (Å²) in [7, 11) is 0. The van der Waals surface area contributed by atoms with Gasteiger partial charge in [0.15, 0.2) is 11.6 Å². The fraction of sp³-hybridized carbons (Fsp3) is 0.318. The first-order valence-corrected chi connectivity index (χ1v) is 9.16. The van der Waals surface area contributed by atoms with E-state index in [2.05, 4.69) is 0 Å². The normalized spacial score (nSPS) is 13.6. The highest BCUT2D eigenvalue weighted by Crippen LogP contribution is 2.38. The maximum Gasteiger partial charge on any atom is 0.308 e. The van der Waals surface area contributed by atoms with Crippen LogP contribution < -0.4 is 9.47 Å². The highest BCUT2D eigenvalue weighted by Gasteiger charge is 2.36. The zero-order valence-corrected chi connectivity index (χ0v) is 17.4. The molecule has 0 saturated carbocycles. The van der Waals surface area contributed by atoms with Crippen molar-refractivity contribution in [1.29, 1.82) is 0 Å². The van der Waals surface area contributed by atoms with Gasteiger partial charge in [-0.25, -0.2) is 0 Å². The Hall–Kier alpha value is -3.55. The predicted molar refractivity (Wildman–Crippen MR) is 105 cm³/mol. The average Bonchev–Trinajstić information content (AvgIpc) is 2.61. The minimum Gasteiger partial charge on any atom is -0.457 e. The third-order valence-electron chi connectivity index (χ3n) is 4.05. The summed E-state index contributed by atoms with van der Waals surface area (Å²) in [6, 6.07) is 2.54. The number of fused-ring (bicyclic) bond motifs is 1. The molecule has 8 nitrogen and oxygen atoms in total.